The number of carbonyl (C=O) groups is 2. The Kier molecular flexibility index (Phi) is 5.82. The molecular formula is C27H26N2O3. The number of hydrogen-bond acceptors (Lipinski definition) is 4. The van der Waals surface area contributed by atoms with Crippen LogP contribution in [0.3, 0.4) is 0 Å². The number of benzene rings is 3. The molecule has 0 spiro atoms. The lowest BCUT2D eigenvalue weighted by atomic mass is 10.0. The molecule has 0 unspecified atom stereocenters. The van der Waals surface area contributed by atoms with Crippen LogP contribution in [0.1, 0.15) is 30.5 Å². The minimum Gasteiger partial charge on any atom is -0.491 e. The normalized spacial score (nSPS) is 13.8. The van der Waals surface area contributed by atoms with Gasteiger partial charge >= 0.3 is 0 Å². The summed E-state index contributed by atoms with van der Waals surface area (Å²) in [5.41, 5.74) is 4.64. The quantitative estimate of drug-likeness (QED) is 0.530. The lowest BCUT2D eigenvalue weighted by Crippen LogP contribution is -2.32. The lowest BCUT2D eigenvalue weighted by molar-refractivity contribution is -0.120. The van der Waals surface area contributed by atoms with E-state index in [1.54, 1.807) is 6.07 Å². The number of ether oxygens (including phenoxy) is 1. The molecule has 3 aromatic carbocycles. The van der Waals surface area contributed by atoms with Crippen molar-refractivity contribution in [2.75, 3.05) is 10.2 Å². The molecule has 32 heavy (non-hydrogen) atoms. The molecule has 0 radical (unpaired) electrons. The minimum atomic E-state index is -0.376. The Hall–Kier alpha value is -3.86. The summed E-state index contributed by atoms with van der Waals surface area (Å²) in [7, 11) is 0. The van der Waals surface area contributed by atoms with Crippen molar-refractivity contribution in [2.24, 2.45) is 0 Å². The van der Waals surface area contributed by atoms with Gasteiger partial charge < -0.3 is 10.1 Å². The molecule has 0 fully saturated rings. The third-order valence-electron chi connectivity index (χ3n) is 5.18. The summed E-state index contributed by atoms with van der Waals surface area (Å²) >= 11 is 0. The molecule has 3 aromatic rings. The largest absolute Gasteiger partial charge is 0.491 e. The molecule has 0 saturated carbocycles. The number of nitrogens with one attached hydrogen (secondary N) is 1. The summed E-state index contributed by atoms with van der Waals surface area (Å²) < 4.78 is 5.72. The zero-order valence-corrected chi connectivity index (χ0v) is 18.7. The lowest BCUT2D eigenvalue weighted by Gasteiger charge is -2.16. The average molecular weight is 427 g/mol. The first-order valence-electron chi connectivity index (χ1n) is 10.6. The van der Waals surface area contributed by atoms with Gasteiger partial charge in [-0.3, -0.25) is 9.59 Å². The van der Waals surface area contributed by atoms with Crippen molar-refractivity contribution in [3.05, 3.63) is 95.2 Å². The second-order valence-electron chi connectivity index (χ2n) is 8.22. The van der Waals surface area contributed by atoms with Gasteiger partial charge in [0.05, 0.1) is 17.4 Å². The van der Waals surface area contributed by atoms with E-state index in [0.717, 1.165) is 16.8 Å². The number of imide groups is 1. The van der Waals surface area contributed by atoms with Gasteiger partial charge in [-0.25, -0.2) is 4.90 Å². The smallest absolute Gasteiger partial charge is 0.282 e. The summed E-state index contributed by atoms with van der Waals surface area (Å²) in [6.07, 6.45) is 0.0466. The zero-order chi connectivity index (χ0) is 22.8. The van der Waals surface area contributed by atoms with Crippen LogP contribution in [0, 0.1) is 13.8 Å². The standard InChI is InChI=1S/C27H26N2O3/c1-17(2)32-23-14-10-20(11-15-23)24-25(28-21-12-8-18(3)9-13-21)27(31)29(26(24)30)22-7-5-6-19(4)16-22/h5-17,28H,1-4H3. The van der Waals surface area contributed by atoms with Gasteiger partial charge in [0.25, 0.3) is 11.8 Å². The summed E-state index contributed by atoms with van der Waals surface area (Å²) in [4.78, 5) is 28.2. The van der Waals surface area contributed by atoms with Crippen LogP contribution in [0.25, 0.3) is 5.57 Å². The summed E-state index contributed by atoms with van der Waals surface area (Å²) in [5.74, 6) is -0.0175. The average Bonchev–Trinajstić information content (AvgIpc) is 2.99. The van der Waals surface area contributed by atoms with Gasteiger partial charge in [-0.1, -0.05) is 42.0 Å². The van der Waals surface area contributed by atoms with Crippen LogP contribution in [0.15, 0.2) is 78.5 Å². The van der Waals surface area contributed by atoms with Crippen LogP contribution in [0.2, 0.25) is 0 Å². The van der Waals surface area contributed by atoms with Crippen molar-refractivity contribution < 1.29 is 14.3 Å². The molecule has 1 aliphatic rings. The van der Waals surface area contributed by atoms with E-state index in [4.69, 9.17) is 4.74 Å². The van der Waals surface area contributed by atoms with E-state index in [9.17, 15) is 9.59 Å². The SMILES string of the molecule is Cc1ccc(NC2=C(c3ccc(OC(C)C)cc3)C(=O)N(c3cccc(C)c3)C2=O)cc1. The molecule has 0 bridgehead atoms. The predicted molar refractivity (Wildman–Crippen MR) is 128 cm³/mol. The Morgan fingerprint density at radius 3 is 2.12 bits per heavy atom. The van der Waals surface area contributed by atoms with E-state index in [0.29, 0.717) is 22.6 Å². The number of anilines is 2. The predicted octanol–water partition coefficient (Wildman–Crippen LogP) is 5.49. The molecule has 162 valence electrons. The molecule has 1 N–H and O–H groups in total. The molecule has 0 aliphatic carbocycles. The molecule has 0 aromatic heterocycles. The van der Waals surface area contributed by atoms with Gasteiger partial charge in [-0.05, 0) is 75.2 Å². The maximum atomic E-state index is 13.5. The van der Waals surface area contributed by atoms with E-state index >= 15 is 0 Å². The van der Waals surface area contributed by atoms with E-state index in [2.05, 4.69) is 5.32 Å². The summed E-state index contributed by atoms with van der Waals surface area (Å²) in [5, 5.41) is 3.19. The molecular weight excluding hydrogens is 400 g/mol. The van der Waals surface area contributed by atoms with Crippen molar-refractivity contribution in [3.8, 4) is 5.75 Å². The van der Waals surface area contributed by atoms with Crippen LogP contribution < -0.4 is 15.0 Å². The Labute approximate surface area is 188 Å². The molecule has 5 nitrogen and oxygen atoms in total. The highest BCUT2D eigenvalue weighted by Crippen LogP contribution is 2.34. The summed E-state index contributed by atoms with van der Waals surface area (Å²) in [6, 6.07) is 22.4. The van der Waals surface area contributed by atoms with Crippen LogP contribution in [0.5, 0.6) is 5.75 Å². The zero-order valence-electron chi connectivity index (χ0n) is 18.7. The summed E-state index contributed by atoms with van der Waals surface area (Å²) in [6.45, 7) is 7.85. The monoisotopic (exact) mass is 426 g/mol. The Morgan fingerprint density at radius 2 is 1.50 bits per heavy atom. The first-order chi connectivity index (χ1) is 15.3. The number of carbonyl (C=O) groups excluding carboxylic acids is 2. The van der Waals surface area contributed by atoms with Crippen LogP contribution >= 0.6 is 0 Å². The number of aryl methyl sites for hydroxylation is 2. The molecule has 0 saturated heterocycles. The first kappa shape index (κ1) is 21.4. The third kappa shape index (κ3) is 4.28. The highest BCUT2D eigenvalue weighted by Gasteiger charge is 2.40. The number of hydrogen-bond donors (Lipinski definition) is 1. The van der Waals surface area contributed by atoms with Crippen LogP contribution in [0.4, 0.5) is 11.4 Å². The fourth-order valence-electron chi connectivity index (χ4n) is 3.67. The Balaban J connectivity index is 1.77. The number of nitrogens with zero attached hydrogens (tertiary/aromatic N) is 1. The van der Waals surface area contributed by atoms with Gasteiger partial charge in [0.15, 0.2) is 0 Å². The molecule has 1 heterocycles. The van der Waals surface area contributed by atoms with Crippen LogP contribution in [-0.4, -0.2) is 17.9 Å². The van der Waals surface area contributed by atoms with E-state index < -0.39 is 0 Å². The Bertz CT molecular complexity index is 1190. The van der Waals surface area contributed by atoms with Crippen LogP contribution in [-0.2, 0) is 9.59 Å². The van der Waals surface area contributed by atoms with Gasteiger partial charge in [0.1, 0.15) is 11.4 Å². The molecule has 5 heteroatoms. The van der Waals surface area contributed by atoms with E-state index in [-0.39, 0.29) is 23.6 Å². The van der Waals surface area contributed by atoms with Crippen molar-refractivity contribution in [2.45, 2.75) is 33.8 Å². The maximum Gasteiger partial charge on any atom is 0.282 e. The van der Waals surface area contributed by atoms with E-state index in [1.807, 2.05) is 94.4 Å². The van der Waals surface area contributed by atoms with Crippen molar-refractivity contribution in [1.29, 1.82) is 0 Å². The number of rotatable bonds is 6. The fraction of sp³-hybridized carbons (Fsp3) is 0.185. The third-order valence-corrected chi connectivity index (χ3v) is 5.18. The van der Waals surface area contributed by atoms with Gasteiger partial charge in [0, 0.05) is 5.69 Å². The molecule has 4 rings (SSSR count). The molecule has 2 amide bonds. The first-order valence-corrected chi connectivity index (χ1v) is 10.6. The highest BCUT2D eigenvalue weighted by atomic mass is 16.5. The topological polar surface area (TPSA) is 58.6 Å². The Morgan fingerprint density at radius 1 is 0.812 bits per heavy atom. The highest BCUT2D eigenvalue weighted by molar-refractivity contribution is 6.46. The van der Waals surface area contributed by atoms with Gasteiger partial charge in [-0.15, -0.1) is 0 Å². The maximum absolute atomic E-state index is 13.5. The van der Waals surface area contributed by atoms with E-state index in [1.165, 1.54) is 4.90 Å². The molecule has 1 aliphatic heterocycles. The second kappa shape index (κ2) is 8.71. The van der Waals surface area contributed by atoms with Crippen molar-refractivity contribution >= 4 is 28.8 Å². The minimum absolute atomic E-state index is 0.0466. The van der Waals surface area contributed by atoms with Crippen molar-refractivity contribution in [3.63, 3.8) is 0 Å². The second-order valence-corrected chi connectivity index (χ2v) is 8.22. The molecule has 0 atom stereocenters. The van der Waals surface area contributed by atoms with Gasteiger partial charge in [-0.2, -0.15) is 0 Å². The van der Waals surface area contributed by atoms with Crippen molar-refractivity contribution in [1.82, 2.24) is 0 Å². The fourth-order valence-corrected chi connectivity index (χ4v) is 3.67. The van der Waals surface area contributed by atoms with Gasteiger partial charge in [0.2, 0.25) is 0 Å². The number of amides is 2.